The van der Waals surface area contributed by atoms with Gasteiger partial charge in [-0.25, -0.2) is 0 Å². The summed E-state index contributed by atoms with van der Waals surface area (Å²) in [5, 5.41) is 8.61. The highest BCUT2D eigenvalue weighted by molar-refractivity contribution is 5.94. The fourth-order valence-corrected chi connectivity index (χ4v) is 3.01. The quantitative estimate of drug-likeness (QED) is 0.312. The molecule has 4 nitrogen and oxygen atoms in total. The number of rotatable bonds is 12. The number of allylic oxidation sites excluding steroid dienone is 3. The first-order valence-corrected chi connectivity index (χ1v) is 9.54. The lowest BCUT2D eigenvalue weighted by Gasteiger charge is -2.21. The molecular weight excluding hydrogens is 316 g/mol. The number of carboxylic acids is 1. The second-order valence-corrected chi connectivity index (χ2v) is 7.67. The minimum Gasteiger partial charge on any atom is -0.481 e. The Kier molecular flexibility index (Phi) is 9.73. The van der Waals surface area contributed by atoms with E-state index in [1.165, 1.54) is 0 Å². The highest BCUT2D eigenvalue weighted by Crippen LogP contribution is 2.28. The fraction of sp³-hybridized carbons (Fsp3) is 0.714. The Bertz CT molecular complexity index is 476. The maximum Gasteiger partial charge on any atom is 0.303 e. The van der Waals surface area contributed by atoms with Crippen molar-refractivity contribution in [2.45, 2.75) is 65.7 Å². The fourth-order valence-electron chi connectivity index (χ4n) is 3.01. The Morgan fingerprint density at radius 2 is 1.96 bits per heavy atom. The molecule has 1 heterocycles. The average Bonchev–Trinajstić information content (AvgIpc) is 3.01. The molecule has 1 aliphatic heterocycles. The van der Waals surface area contributed by atoms with Gasteiger partial charge >= 0.3 is 5.97 Å². The smallest absolute Gasteiger partial charge is 0.303 e. The van der Waals surface area contributed by atoms with E-state index in [1.54, 1.807) is 6.08 Å². The predicted molar refractivity (Wildman–Crippen MR) is 100 cm³/mol. The van der Waals surface area contributed by atoms with E-state index in [-0.39, 0.29) is 23.5 Å². The molecule has 0 aromatic heterocycles. The number of carbonyl (C=O) groups excluding carboxylic acids is 1. The third-order valence-electron chi connectivity index (χ3n) is 4.93. The zero-order valence-electron chi connectivity index (χ0n) is 16.0. The monoisotopic (exact) mass is 350 g/mol. The lowest BCUT2D eigenvalue weighted by molar-refractivity contribution is -0.137. The number of aliphatic carboxylic acids is 1. The van der Waals surface area contributed by atoms with Crippen molar-refractivity contribution in [2.75, 3.05) is 13.2 Å². The Balaban J connectivity index is 2.42. The van der Waals surface area contributed by atoms with Gasteiger partial charge in [-0.2, -0.15) is 0 Å². The summed E-state index contributed by atoms with van der Waals surface area (Å²) in [5.41, 5.74) is -0.286. The summed E-state index contributed by atoms with van der Waals surface area (Å²) in [4.78, 5) is 22.9. The van der Waals surface area contributed by atoms with Crippen molar-refractivity contribution >= 4 is 11.8 Å². The molecule has 0 spiro atoms. The summed E-state index contributed by atoms with van der Waals surface area (Å²) in [7, 11) is 0. The molecule has 4 heteroatoms. The summed E-state index contributed by atoms with van der Waals surface area (Å²) < 4.78 is 5.59. The van der Waals surface area contributed by atoms with Crippen LogP contribution in [0.5, 0.6) is 0 Å². The molecule has 0 aromatic carbocycles. The minimum atomic E-state index is -0.741. The minimum absolute atomic E-state index is 0.204. The van der Waals surface area contributed by atoms with E-state index in [2.05, 4.69) is 19.1 Å². The molecule has 0 amide bonds. The van der Waals surface area contributed by atoms with Gasteiger partial charge in [-0.1, -0.05) is 51.8 Å². The number of carbonyl (C=O) groups is 2. The lowest BCUT2D eigenvalue weighted by atomic mass is 9.82. The van der Waals surface area contributed by atoms with Crippen molar-refractivity contribution < 1.29 is 19.4 Å². The molecule has 1 fully saturated rings. The summed E-state index contributed by atoms with van der Waals surface area (Å²) in [6.45, 7) is 7.60. The van der Waals surface area contributed by atoms with Crippen molar-refractivity contribution in [2.24, 2.45) is 17.3 Å². The van der Waals surface area contributed by atoms with E-state index in [1.807, 2.05) is 19.9 Å². The molecule has 0 saturated carbocycles. The van der Waals surface area contributed by atoms with Gasteiger partial charge in [-0.05, 0) is 37.7 Å². The molecule has 2 atom stereocenters. The van der Waals surface area contributed by atoms with Crippen LogP contribution in [0.4, 0.5) is 0 Å². The summed E-state index contributed by atoms with van der Waals surface area (Å²) in [6, 6.07) is 0. The van der Waals surface area contributed by atoms with E-state index < -0.39 is 5.97 Å². The Labute approximate surface area is 152 Å². The molecule has 1 aliphatic rings. The van der Waals surface area contributed by atoms with E-state index in [9.17, 15) is 9.59 Å². The first-order chi connectivity index (χ1) is 11.9. The Hall–Kier alpha value is -1.42. The van der Waals surface area contributed by atoms with Crippen molar-refractivity contribution in [3.8, 4) is 0 Å². The van der Waals surface area contributed by atoms with Gasteiger partial charge in [-0.3, -0.25) is 9.59 Å². The third kappa shape index (κ3) is 8.48. The Morgan fingerprint density at radius 1 is 1.20 bits per heavy atom. The first-order valence-electron chi connectivity index (χ1n) is 9.54. The van der Waals surface area contributed by atoms with Gasteiger partial charge in [0.25, 0.3) is 0 Å². The zero-order chi connectivity index (χ0) is 18.7. The average molecular weight is 350 g/mol. The topological polar surface area (TPSA) is 63.6 Å². The largest absolute Gasteiger partial charge is 0.481 e. The summed E-state index contributed by atoms with van der Waals surface area (Å²) >= 11 is 0. The van der Waals surface area contributed by atoms with E-state index in [4.69, 9.17) is 9.84 Å². The van der Waals surface area contributed by atoms with Crippen LogP contribution in [0.25, 0.3) is 0 Å². The molecule has 0 aromatic rings. The first kappa shape index (κ1) is 21.6. The highest BCUT2D eigenvalue weighted by atomic mass is 16.5. The normalized spacial score (nSPS) is 21.4. The molecule has 0 aliphatic carbocycles. The maximum absolute atomic E-state index is 12.4. The molecule has 0 unspecified atom stereocenters. The maximum atomic E-state index is 12.4. The molecule has 0 bridgehead atoms. The zero-order valence-corrected chi connectivity index (χ0v) is 16.0. The molecule has 142 valence electrons. The second-order valence-electron chi connectivity index (χ2n) is 7.67. The summed E-state index contributed by atoms with van der Waals surface area (Å²) in [6.07, 6.45) is 13.7. The van der Waals surface area contributed by atoms with Crippen LogP contribution in [0, 0.1) is 17.3 Å². The van der Waals surface area contributed by atoms with Crippen molar-refractivity contribution in [3.05, 3.63) is 24.3 Å². The van der Waals surface area contributed by atoms with E-state index >= 15 is 0 Å². The van der Waals surface area contributed by atoms with Gasteiger partial charge < -0.3 is 9.84 Å². The van der Waals surface area contributed by atoms with Gasteiger partial charge in [0.05, 0.1) is 13.2 Å². The van der Waals surface area contributed by atoms with E-state index in [0.717, 1.165) is 38.7 Å². The molecule has 1 rings (SSSR count). The second kappa shape index (κ2) is 11.2. The molecule has 1 saturated heterocycles. The van der Waals surface area contributed by atoms with Crippen molar-refractivity contribution in [3.63, 3.8) is 0 Å². The molecule has 1 N–H and O–H groups in total. The van der Waals surface area contributed by atoms with Crippen LogP contribution in [0.2, 0.25) is 0 Å². The van der Waals surface area contributed by atoms with Crippen LogP contribution >= 0.6 is 0 Å². The van der Waals surface area contributed by atoms with E-state index in [0.29, 0.717) is 18.9 Å². The van der Waals surface area contributed by atoms with Crippen LogP contribution in [0.15, 0.2) is 24.3 Å². The van der Waals surface area contributed by atoms with Crippen molar-refractivity contribution in [1.29, 1.82) is 0 Å². The number of unbranched alkanes of at least 4 members (excludes halogenated alkanes) is 2. The van der Waals surface area contributed by atoms with Crippen molar-refractivity contribution in [1.82, 2.24) is 0 Å². The van der Waals surface area contributed by atoms with Gasteiger partial charge in [0.15, 0.2) is 5.78 Å². The van der Waals surface area contributed by atoms with Gasteiger partial charge in [0.1, 0.15) is 0 Å². The summed E-state index contributed by atoms with van der Waals surface area (Å²) in [5.74, 6) is 0.151. The van der Waals surface area contributed by atoms with Crippen LogP contribution in [0.3, 0.4) is 0 Å². The standard InChI is InChI=1S/C21H34O4/c1-4-5-14-21(2,3)19(22)13-12-18-16-25-15-17(18)10-8-6-7-9-11-20(23)24/h6,8,12-13,17-18H,4-5,7,9-11,14-16H2,1-3H3,(H,23,24)/t17-,18+/m0/s1. The SMILES string of the molecule is CCCCC(C)(C)C(=O)C=C[C@@H]1COC[C@@H]1CC=CCCCC(=O)O. The predicted octanol–water partition coefficient (Wildman–Crippen LogP) is 4.79. The van der Waals surface area contributed by atoms with Crippen LogP contribution in [-0.4, -0.2) is 30.1 Å². The number of hydrogen-bond donors (Lipinski definition) is 1. The van der Waals surface area contributed by atoms with Crippen LogP contribution in [0.1, 0.15) is 65.7 Å². The van der Waals surface area contributed by atoms with Gasteiger partial charge in [-0.15, -0.1) is 0 Å². The molecule has 0 radical (unpaired) electrons. The lowest BCUT2D eigenvalue weighted by Crippen LogP contribution is -2.22. The Morgan fingerprint density at radius 3 is 2.64 bits per heavy atom. The molecule has 25 heavy (non-hydrogen) atoms. The molecular formula is C21H34O4. The number of ether oxygens (including phenoxy) is 1. The van der Waals surface area contributed by atoms with Crippen LogP contribution in [-0.2, 0) is 14.3 Å². The third-order valence-corrected chi connectivity index (χ3v) is 4.93. The number of carboxylic acid groups (broad SMARTS) is 1. The van der Waals surface area contributed by atoms with Gasteiger partial charge in [0.2, 0.25) is 0 Å². The van der Waals surface area contributed by atoms with Gasteiger partial charge in [0, 0.05) is 17.8 Å². The van der Waals surface area contributed by atoms with Crippen LogP contribution < -0.4 is 0 Å². The highest BCUT2D eigenvalue weighted by Gasteiger charge is 2.27. The number of hydrogen-bond acceptors (Lipinski definition) is 3. The number of ketones is 1.